The molecule has 3 fully saturated rings. The maximum atomic E-state index is 12.4. The van der Waals surface area contributed by atoms with Crippen LogP contribution >= 0.6 is 0 Å². The fourth-order valence-corrected chi connectivity index (χ4v) is 4.42. The van der Waals surface area contributed by atoms with Crippen LogP contribution in [0.3, 0.4) is 0 Å². The van der Waals surface area contributed by atoms with Crippen LogP contribution in [0.2, 0.25) is 0 Å². The molecule has 16 heteroatoms. The van der Waals surface area contributed by atoms with Crippen molar-refractivity contribution in [3.63, 3.8) is 0 Å². The molecule has 4 rings (SSSR count). The number of aryl methyl sites for hydroxylation is 1. The molecule has 10 nitrogen and oxygen atoms in total. The van der Waals surface area contributed by atoms with Crippen LogP contribution < -0.4 is 5.32 Å². The lowest BCUT2D eigenvalue weighted by atomic mass is 10.1. The molecule has 0 aromatic carbocycles. The maximum absolute atomic E-state index is 12.4. The Morgan fingerprint density at radius 1 is 1.00 bits per heavy atom. The minimum absolute atomic E-state index is 0.0578. The van der Waals surface area contributed by atoms with E-state index in [0.29, 0.717) is 6.04 Å². The van der Waals surface area contributed by atoms with Crippen LogP contribution in [0.15, 0.2) is 16.5 Å². The Labute approximate surface area is 219 Å². The summed E-state index contributed by atoms with van der Waals surface area (Å²) < 4.78 is 75.2. The summed E-state index contributed by atoms with van der Waals surface area (Å²) in [5.74, 6) is -3.51. The second-order valence-electron chi connectivity index (χ2n) is 9.18. The van der Waals surface area contributed by atoms with Crippen molar-refractivity contribution in [1.29, 1.82) is 0 Å². The van der Waals surface area contributed by atoms with Gasteiger partial charge >= 0.3 is 24.3 Å². The molecular weight excluding hydrogens is 544 g/mol. The Hall–Kier alpha value is -2.85. The molecule has 3 aliphatic rings. The van der Waals surface area contributed by atoms with Crippen molar-refractivity contribution in [2.45, 2.75) is 69.8 Å². The number of carbonyl (C=O) groups excluding carboxylic acids is 1. The highest BCUT2D eigenvalue weighted by molar-refractivity contribution is 5.81. The molecule has 4 heterocycles. The smallest absolute Gasteiger partial charge is 0.475 e. The molecule has 1 aromatic rings. The second-order valence-corrected chi connectivity index (χ2v) is 9.18. The standard InChI is InChI=1S/C19H29N3O3.2C2HF3O2/c1-14-4-5-15(24-14)13-22-10-6-17-16(22)12-18(25-17)19(23)20-7-11-21-8-2-3-9-21;2*3-2(4,5)1(6)7/h4-5,16-18H,2-3,6-13H2,1H3,(H,20,23);2*(H,6,7)/t16-,17-,18+;;/m0../s1. The van der Waals surface area contributed by atoms with Gasteiger partial charge in [-0.3, -0.25) is 9.69 Å². The average molecular weight is 576 g/mol. The third kappa shape index (κ3) is 10.7. The zero-order chi connectivity index (χ0) is 29.4. The summed E-state index contributed by atoms with van der Waals surface area (Å²) in [5.41, 5.74) is 0. The third-order valence-corrected chi connectivity index (χ3v) is 6.25. The fraction of sp³-hybridized carbons (Fsp3) is 0.696. The number of nitrogens with zero attached hydrogens (tertiary/aromatic N) is 2. The Morgan fingerprint density at radius 3 is 2.05 bits per heavy atom. The zero-order valence-electron chi connectivity index (χ0n) is 21.1. The number of carbonyl (C=O) groups is 3. The number of rotatable bonds is 6. The number of carboxylic acids is 2. The van der Waals surface area contributed by atoms with Gasteiger partial charge in [0, 0.05) is 32.1 Å². The molecule has 0 saturated carbocycles. The number of likely N-dealkylation sites (tertiary alicyclic amines) is 2. The van der Waals surface area contributed by atoms with E-state index in [2.05, 4.69) is 15.1 Å². The summed E-state index contributed by atoms with van der Waals surface area (Å²) >= 11 is 0. The fourth-order valence-electron chi connectivity index (χ4n) is 4.42. The number of alkyl halides is 6. The lowest BCUT2D eigenvalue weighted by molar-refractivity contribution is -0.193. The summed E-state index contributed by atoms with van der Waals surface area (Å²) in [6.45, 7) is 7.80. The first-order valence-electron chi connectivity index (χ1n) is 12.1. The van der Waals surface area contributed by atoms with E-state index in [1.807, 2.05) is 19.1 Å². The predicted octanol–water partition coefficient (Wildman–Crippen LogP) is 2.80. The van der Waals surface area contributed by atoms with Crippen molar-refractivity contribution in [3.8, 4) is 0 Å². The number of amides is 1. The quantitative estimate of drug-likeness (QED) is 0.438. The van der Waals surface area contributed by atoms with Crippen LogP contribution in [0.5, 0.6) is 0 Å². The van der Waals surface area contributed by atoms with E-state index in [4.69, 9.17) is 29.0 Å². The van der Waals surface area contributed by atoms with Crippen molar-refractivity contribution >= 4 is 17.8 Å². The second kappa shape index (κ2) is 14.0. The van der Waals surface area contributed by atoms with Gasteiger partial charge in [-0.1, -0.05) is 0 Å². The maximum Gasteiger partial charge on any atom is 0.490 e. The largest absolute Gasteiger partial charge is 0.490 e. The van der Waals surface area contributed by atoms with Crippen molar-refractivity contribution in [2.75, 3.05) is 32.7 Å². The molecule has 222 valence electrons. The first-order valence-corrected chi connectivity index (χ1v) is 12.1. The number of hydrogen-bond donors (Lipinski definition) is 3. The highest BCUT2D eigenvalue weighted by atomic mass is 19.4. The molecular formula is C23H31F6N3O7. The molecule has 3 saturated heterocycles. The zero-order valence-corrected chi connectivity index (χ0v) is 21.1. The molecule has 0 aliphatic carbocycles. The number of hydrogen-bond acceptors (Lipinski definition) is 7. The first kappa shape index (κ1) is 32.4. The number of ether oxygens (including phenoxy) is 1. The van der Waals surface area contributed by atoms with Gasteiger partial charge < -0.3 is 29.6 Å². The SMILES string of the molecule is Cc1ccc(CN2CC[C@@H]3O[C@@H](C(=O)NCCN4CCCC4)C[C@@H]32)o1.O=C(O)C(F)(F)F.O=C(O)C(F)(F)F. The number of carboxylic acid groups (broad SMARTS) is 2. The monoisotopic (exact) mass is 575 g/mol. The van der Waals surface area contributed by atoms with E-state index < -0.39 is 24.3 Å². The molecule has 1 aromatic heterocycles. The summed E-state index contributed by atoms with van der Waals surface area (Å²) in [7, 11) is 0. The van der Waals surface area contributed by atoms with Gasteiger partial charge in [0.05, 0.1) is 12.6 Å². The topological polar surface area (TPSA) is 133 Å². The van der Waals surface area contributed by atoms with Crippen molar-refractivity contribution in [1.82, 2.24) is 15.1 Å². The number of halogens is 6. The summed E-state index contributed by atoms with van der Waals surface area (Å²) in [6, 6.07) is 4.38. The lowest BCUT2D eigenvalue weighted by Gasteiger charge is -2.21. The molecule has 3 aliphatic heterocycles. The van der Waals surface area contributed by atoms with Gasteiger partial charge in [0.2, 0.25) is 5.91 Å². The molecule has 3 N–H and O–H groups in total. The van der Waals surface area contributed by atoms with Gasteiger partial charge in [0.15, 0.2) is 0 Å². The van der Waals surface area contributed by atoms with Crippen LogP contribution in [-0.2, 0) is 25.7 Å². The van der Waals surface area contributed by atoms with Crippen molar-refractivity contribution in [3.05, 3.63) is 23.7 Å². The highest BCUT2D eigenvalue weighted by Gasteiger charge is 2.45. The number of fused-ring (bicyclic) bond motifs is 1. The first-order chi connectivity index (χ1) is 18.1. The number of nitrogens with one attached hydrogen (secondary N) is 1. The van der Waals surface area contributed by atoms with Gasteiger partial charge in [0.1, 0.15) is 17.6 Å². The number of furan rings is 1. The Kier molecular flexibility index (Phi) is 11.6. The number of aliphatic carboxylic acids is 2. The van der Waals surface area contributed by atoms with Gasteiger partial charge in [-0.25, -0.2) is 9.59 Å². The van der Waals surface area contributed by atoms with Gasteiger partial charge in [0.25, 0.3) is 0 Å². The highest BCUT2D eigenvalue weighted by Crippen LogP contribution is 2.34. The molecule has 0 bridgehead atoms. The van der Waals surface area contributed by atoms with Crippen molar-refractivity contribution < 1.29 is 60.1 Å². The molecule has 39 heavy (non-hydrogen) atoms. The van der Waals surface area contributed by atoms with E-state index in [1.54, 1.807) is 0 Å². The van der Waals surface area contributed by atoms with Crippen LogP contribution in [-0.4, -0.2) is 101 Å². The summed E-state index contributed by atoms with van der Waals surface area (Å²) in [5, 5.41) is 17.3. The Morgan fingerprint density at radius 2 is 1.56 bits per heavy atom. The van der Waals surface area contributed by atoms with E-state index in [9.17, 15) is 31.1 Å². The van der Waals surface area contributed by atoms with Crippen molar-refractivity contribution in [2.24, 2.45) is 0 Å². The predicted molar refractivity (Wildman–Crippen MR) is 122 cm³/mol. The molecule has 0 unspecified atom stereocenters. The van der Waals surface area contributed by atoms with Gasteiger partial charge in [-0.05, 0) is 51.4 Å². The minimum Gasteiger partial charge on any atom is -0.475 e. The van der Waals surface area contributed by atoms with Gasteiger partial charge in [-0.2, -0.15) is 26.3 Å². The third-order valence-electron chi connectivity index (χ3n) is 6.25. The van der Waals surface area contributed by atoms with Crippen LogP contribution in [0.4, 0.5) is 26.3 Å². The molecule has 1 amide bonds. The van der Waals surface area contributed by atoms with E-state index >= 15 is 0 Å². The summed E-state index contributed by atoms with van der Waals surface area (Å²) in [4.78, 5) is 35.0. The molecule has 0 spiro atoms. The Bertz CT molecular complexity index is 939. The van der Waals surface area contributed by atoms with Crippen LogP contribution in [0.1, 0.15) is 37.2 Å². The minimum atomic E-state index is -5.08. The lowest BCUT2D eigenvalue weighted by Crippen LogP contribution is -2.40. The Balaban J connectivity index is 0.000000317. The molecule has 3 atom stereocenters. The van der Waals surface area contributed by atoms with E-state index in [-0.39, 0.29) is 18.1 Å². The summed E-state index contributed by atoms with van der Waals surface area (Å²) in [6.07, 6.45) is -5.91. The normalized spacial score (nSPS) is 23.3. The van der Waals surface area contributed by atoms with E-state index in [1.165, 1.54) is 25.9 Å². The average Bonchev–Trinajstić information content (AvgIpc) is 3.61. The van der Waals surface area contributed by atoms with E-state index in [0.717, 1.165) is 50.5 Å². The molecule has 0 radical (unpaired) electrons. The van der Waals surface area contributed by atoms with Crippen LogP contribution in [0.25, 0.3) is 0 Å². The van der Waals surface area contributed by atoms with Gasteiger partial charge in [-0.15, -0.1) is 0 Å². The van der Waals surface area contributed by atoms with Crippen LogP contribution in [0, 0.1) is 6.92 Å².